The Morgan fingerprint density at radius 2 is 1.71 bits per heavy atom. The summed E-state index contributed by atoms with van der Waals surface area (Å²) in [6.07, 6.45) is 1.48. The molecule has 7 nitrogen and oxygen atoms in total. The fourth-order valence-corrected chi connectivity index (χ4v) is 3.96. The number of rotatable bonds is 9. The summed E-state index contributed by atoms with van der Waals surface area (Å²) in [5, 5.41) is 6.76. The van der Waals surface area contributed by atoms with Gasteiger partial charge in [0.15, 0.2) is 13.2 Å². The van der Waals surface area contributed by atoms with Crippen molar-refractivity contribution in [2.45, 2.75) is 13.8 Å². The van der Waals surface area contributed by atoms with Gasteiger partial charge in [-0.05, 0) is 88.9 Å². The lowest BCUT2D eigenvalue weighted by atomic mass is 10.1. The fourth-order valence-electron chi connectivity index (χ4n) is 2.80. The average Bonchev–Trinajstić information content (AvgIpc) is 2.80. The van der Waals surface area contributed by atoms with Crippen molar-refractivity contribution in [3.8, 4) is 11.5 Å². The minimum Gasteiger partial charge on any atom is -0.484 e. The third-order valence-electron chi connectivity index (χ3n) is 4.67. The average molecular weight is 589 g/mol. The lowest BCUT2D eigenvalue weighted by Gasteiger charge is -2.09. The van der Waals surface area contributed by atoms with E-state index in [1.165, 1.54) is 6.21 Å². The van der Waals surface area contributed by atoms with Crippen molar-refractivity contribution >= 4 is 55.6 Å². The van der Waals surface area contributed by atoms with Gasteiger partial charge >= 0.3 is 0 Å². The van der Waals surface area contributed by atoms with Crippen LogP contribution in [-0.2, 0) is 9.59 Å². The van der Waals surface area contributed by atoms with Gasteiger partial charge in [-0.25, -0.2) is 5.43 Å². The molecule has 0 heterocycles. The van der Waals surface area contributed by atoms with Crippen LogP contribution in [0.2, 0.25) is 0 Å². The van der Waals surface area contributed by atoms with Gasteiger partial charge in [-0.2, -0.15) is 5.10 Å². The number of hydrogen-bond donors (Lipinski definition) is 2. The van der Waals surface area contributed by atoms with E-state index in [-0.39, 0.29) is 19.1 Å². The van der Waals surface area contributed by atoms with Gasteiger partial charge in [-0.1, -0.05) is 34.1 Å². The molecule has 3 aromatic carbocycles. The second-order valence-electron chi connectivity index (χ2n) is 7.36. The molecule has 0 atom stereocenters. The Morgan fingerprint density at radius 1 is 0.912 bits per heavy atom. The summed E-state index contributed by atoms with van der Waals surface area (Å²) in [6.45, 7) is 3.69. The third kappa shape index (κ3) is 8.00. The zero-order valence-corrected chi connectivity index (χ0v) is 21.8. The Labute approximate surface area is 214 Å². The number of amides is 2. The summed E-state index contributed by atoms with van der Waals surface area (Å²) in [6, 6.07) is 18.2. The van der Waals surface area contributed by atoms with E-state index in [0.29, 0.717) is 17.1 Å². The van der Waals surface area contributed by atoms with Gasteiger partial charge in [-0.3, -0.25) is 9.59 Å². The van der Waals surface area contributed by atoms with Gasteiger partial charge in [0.1, 0.15) is 11.5 Å². The topological polar surface area (TPSA) is 89.0 Å². The van der Waals surface area contributed by atoms with Crippen LogP contribution in [0.25, 0.3) is 0 Å². The Kier molecular flexibility index (Phi) is 9.24. The maximum atomic E-state index is 12.2. The molecule has 0 aliphatic rings. The zero-order chi connectivity index (χ0) is 24.5. The van der Waals surface area contributed by atoms with Crippen LogP contribution in [0.15, 0.2) is 74.7 Å². The molecule has 34 heavy (non-hydrogen) atoms. The Morgan fingerprint density at radius 3 is 2.47 bits per heavy atom. The molecule has 0 saturated heterocycles. The number of carbonyl (C=O) groups is 2. The van der Waals surface area contributed by atoms with Crippen LogP contribution < -0.4 is 20.2 Å². The van der Waals surface area contributed by atoms with Crippen molar-refractivity contribution in [1.29, 1.82) is 0 Å². The summed E-state index contributed by atoms with van der Waals surface area (Å²) < 4.78 is 12.7. The van der Waals surface area contributed by atoms with Crippen molar-refractivity contribution in [3.63, 3.8) is 0 Å². The van der Waals surface area contributed by atoms with Crippen molar-refractivity contribution in [2.75, 3.05) is 18.5 Å². The van der Waals surface area contributed by atoms with Gasteiger partial charge in [0.25, 0.3) is 11.8 Å². The Bertz CT molecular complexity index is 1210. The molecule has 0 aromatic heterocycles. The van der Waals surface area contributed by atoms with Gasteiger partial charge in [-0.15, -0.1) is 0 Å². The number of hydrogen-bond acceptors (Lipinski definition) is 5. The van der Waals surface area contributed by atoms with Crippen molar-refractivity contribution in [2.24, 2.45) is 5.10 Å². The normalized spacial score (nSPS) is 10.7. The van der Waals surface area contributed by atoms with Gasteiger partial charge in [0.05, 0.1) is 10.7 Å². The second kappa shape index (κ2) is 12.3. The first-order valence-corrected chi connectivity index (χ1v) is 11.9. The number of nitrogens with zero attached hydrogens (tertiary/aromatic N) is 1. The first-order valence-electron chi connectivity index (χ1n) is 10.3. The quantitative estimate of drug-likeness (QED) is 0.260. The molecule has 0 saturated carbocycles. The Hall–Kier alpha value is -3.17. The molecule has 0 radical (unpaired) electrons. The molecule has 0 aliphatic heterocycles. The predicted molar refractivity (Wildman–Crippen MR) is 140 cm³/mol. The van der Waals surface area contributed by atoms with Crippen LogP contribution in [0.3, 0.4) is 0 Å². The number of nitrogens with one attached hydrogen (secondary N) is 2. The summed E-state index contributed by atoms with van der Waals surface area (Å²) >= 11 is 6.74. The number of benzene rings is 3. The van der Waals surface area contributed by atoms with Crippen molar-refractivity contribution in [3.05, 3.63) is 86.3 Å². The first kappa shape index (κ1) is 25.5. The van der Waals surface area contributed by atoms with Crippen LogP contribution in [-0.4, -0.2) is 31.2 Å². The van der Waals surface area contributed by atoms with E-state index in [2.05, 4.69) is 47.7 Å². The molecule has 0 bridgehead atoms. The smallest absolute Gasteiger partial charge is 0.277 e. The molecule has 3 rings (SSSR count). The van der Waals surface area contributed by atoms with E-state index in [1.807, 2.05) is 44.2 Å². The maximum absolute atomic E-state index is 12.2. The second-order valence-corrected chi connectivity index (χ2v) is 9.13. The monoisotopic (exact) mass is 587 g/mol. The van der Waals surface area contributed by atoms with Crippen LogP contribution in [0.1, 0.15) is 16.7 Å². The summed E-state index contributed by atoms with van der Waals surface area (Å²) in [5.41, 5.74) is 6.10. The third-order valence-corrected chi connectivity index (χ3v) is 5.79. The summed E-state index contributed by atoms with van der Waals surface area (Å²) in [5.74, 6) is 0.399. The number of halogens is 2. The molecule has 9 heteroatoms. The molecule has 3 aromatic rings. The van der Waals surface area contributed by atoms with Crippen LogP contribution in [0.5, 0.6) is 11.5 Å². The molecule has 0 unspecified atom stereocenters. The lowest BCUT2D eigenvalue weighted by Crippen LogP contribution is -2.24. The van der Waals surface area contributed by atoms with E-state index in [0.717, 1.165) is 25.8 Å². The van der Waals surface area contributed by atoms with Gasteiger partial charge in [0, 0.05) is 10.2 Å². The van der Waals surface area contributed by atoms with Crippen molar-refractivity contribution < 1.29 is 19.1 Å². The molecule has 0 fully saturated rings. The van der Waals surface area contributed by atoms with E-state index < -0.39 is 5.91 Å². The van der Waals surface area contributed by atoms with Crippen LogP contribution >= 0.6 is 31.9 Å². The van der Waals surface area contributed by atoms with Crippen molar-refractivity contribution in [1.82, 2.24) is 5.43 Å². The lowest BCUT2D eigenvalue weighted by molar-refractivity contribution is -0.123. The number of aryl methyl sites for hydroxylation is 2. The molecular weight excluding hydrogens is 566 g/mol. The largest absolute Gasteiger partial charge is 0.484 e. The number of hydrazone groups is 1. The van der Waals surface area contributed by atoms with E-state index in [4.69, 9.17) is 9.47 Å². The predicted octanol–water partition coefficient (Wildman–Crippen LogP) is 5.38. The molecule has 2 N–H and O–H groups in total. The van der Waals surface area contributed by atoms with Crippen LogP contribution in [0, 0.1) is 13.8 Å². The molecule has 176 valence electrons. The fraction of sp³-hybridized carbons (Fsp3) is 0.160. The minimum atomic E-state index is -0.401. The summed E-state index contributed by atoms with van der Waals surface area (Å²) in [4.78, 5) is 24.2. The highest BCUT2D eigenvalue weighted by molar-refractivity contribution is 9.11. The maximum Gasteiger partial charge on any atom is 0.277 e. The van der Waals surface area contributed by atoms with E-state index in [1.54, 1.807) is 30.3 Å². The highest BCUT2D eigenvalue weighted by Crippen LogP contribution is 2.28. The zero-order valence-electron chi connectivity index (χ0n) is 18.6. The minimum absolute atomic E-state index is 0.132. The Balaban J connectivity index is 1.45. The van der Waals surface area contributed by atoms with E-state index >= 15 is 0 Å². The molecule has 2 amide bonds. The number of anilines is 1. The standard InChI is InChI=1S/C25H23Br2N3O4/c1-16-6-8-20(10-17(16)2)29-24(31)14-33-21-5-3-4-18(11-21)13-28-30-25(32)15-34-23-9-7-19(26)12-22(23)27/h3-13H,14-15H2,1-2H3,(H,29,31)(H,30,32)/b28-13+. The SMILES string of the molecule is Cc1ccc(NC(=O)COc2cccc(/C=N/NC(=O)COc3ccc(Br)cc3Br)c2)cc1C. The molecular formula is C25H23Br2N3O4. The molecule has 0 spiro atoms. The molecule has 0 aliphatic carbocycles. The highest BCUT2D eigenvalue weighted by atomic mass is 79.9. The van der Waals surface area contributed by atoms with Gasteiger partial charge in [0.2, 0.25) is 0 Å². The van der Waals surface area contributed by atoms with Gasteiger partial charge < -0.3 is 14.8 Å². The first-order chi connectivity index (χ1) is 16.3. The number of carbonyl (C=O) groups excluding carboxylic acids is 2. The highest BCUT2D eigenvalue weighted by Gasteiger charge is 2.07. The van der Waals surface area contributed by atoms with Crippen LogP contribution in [0.4, 0.5) is 5.69 Å². The summed E-state index contributed by atoms with van der Waals surface area (Å²) in [7, 11) is 0. The van der Waals surface area contributed by atoms with E-state index in [9.17, 15) is 9.59 Å². The number of ether oxygens (including phenoxy) is 2.